The molecule has 0 saturated heterocycles. The minimum atomic E-state index is -0.388. The highest BCUT2D eigenvalue weighted by molar-refractivity contribution is 6.26. The maximum atomic E-state index is 10.8. The van der Waals surface area contributed by atoms with Crippen LogP contribution in [-0.2, 0) is 14.3 Å². The van der Waals surface area contributed by atoms with Crippen LogP contribution >= 0.6 is 11.6 Å². The van der Waals surface area contributed by atoms with Crippen molar-refractivity contribution in [2.45, 2.75) is 38.9 Å². The Balaban J connectivity index is 3.86. The van der Waals surface area contributed by atoms with Crippen LogP contribution in [0.25, 0.3) is 0 Å². The zero-order valence-corrected chi connectivity index (χ0v) is 9.35. The molecule has 0 aromatic carbocycles. The molecule has 0 unspecified atom stereocenters. The van der Waals surface area contributed by atoms with E-state index in [1.54, 1.807) is 7.11 Å². The van der Waals surface area contributed by atoms with Crippen molar-refractivity contribution >= 4 is 17.6 Å². The summed E-state index contributed by atoms with van der Waals surface area (Å²) in [5.41, 5.74) is -0.272. The zero-order chi connectivity index (χ0) is 10.5. The molecule has 0 radical (unpaired) electrons. The molecule has 0 bridgehead atoms. The van der Waals surface area contributed by atoms with Gasteiger partial charge in [-0.1, -0.05) is 0 Å². The second-order valence-electron chi connectivity index (χ2n) is 3.60. The van der Waals surface area contributed by atoms with Gasteiger partial charge in [0.15, 0.2) is 0 Å². The number of methoxy groups -OCH3 is 1. The van der Waals surface area contributed by atoms with Gasteiger partial charge in [-0.2, -0.15) is 0 Å². The lowest BCUT2D eigenvalue weighted by molar-refractivity contribution is -0.147. The van der Waals surface area contributed by atoms with Crippen molar-refractivity contribution in [3.8, 4) is 0 Å². The molecular weight excluding hydrogens is 192 g/mol. The maximum absolute atomic E-state index is 10.8. The van der Waals surface area contributed by atoms with Crippen LogP contribution in [0.15, 0.2) is 0 Å². The highest BCUT2D eigenvalue weighted by Crippen LogP contribution is 2.17. The lowest BCUT2D eigenvalue weighted by Gasteiger charge is -2.26. The Hall–Kier alpha value is -0.280. The molecular formula is C9H17ClO3. The van der Waals surface area contributed by atoms with Crippen LogP contribution in [0.1, 0.15) is 27.2 Å². The third-order valence-electron chi connectivity index (χ3n) is 1.77. The minimum Gasteiger partial charge on any atom is -0.462 e. The number of hydrogen-bond donors (Lipinski definition) is 0. The number of hydrogen-bond acceptors (Lipinski definition) is 3. The lowest BCUT2D eigenvalue weighted by atomic mass is 10.0. The summed E-state index contributed by atoms with van der Waals surface area (Å²) >= 11 is 5.30. The smallest absolute Gasteiger partial charge is 0.321 e. The molecule has 0 rings (SSSR count). The molecule has 3 nitrogen and oxygen atoms in total. The third-order valence-corrected chi connectivity index (χ3v) is 1.99. The number of ether oxygens (including phenoxy) is 2. The van der Waals surface area contributed by atoms with E-state index in [1.807, 2.05) is 20.8 Å². The fourth-order valence-electron chi connectivity index (χ4n) is 1.07. The number of halogens is 1. The largest absolute Gasteiger partial charge is 0.462 e. The first-order valence-electron chi connectivity index (χ1n) is 4.22. The average Bonchev–Trinajstić information content (AvgIpc) is 2.03. The summed E-state index contributed by atoms with van der Waals surface area (Å²) in [6.07, 6.45) is 0.493. The van der Waals surface area contributed by atoms with E-state index in [1.165, 1.54) is 0 Å². The van der Waals surface area contributed by atoms with Crippen molar-refractivity contribution in [1.29, 1.82) is 0 Å². The maximum Gasteiger partial charge on any atom is 0.321 e. The van der Waals surface area contributed by atoms with E-state index in [-0.39, 0.29) is 23.6 Å². The minimum absolute atomic E-state index is 0.0995. The van der Waals surface area contributed by atoms with Gasteiger partial charge in [0.05, 0.1) is 5.60 Å². The molecule has 0 aliphatic rings. The molecule has 0 N–H and O–H groups in total. The van der Waals surface area contributed by atoms with Crippen molar-refractivity contribution in [2.75, 3.05) is 13.0 Å². The Bertz CT molecular complexity index is 168. The molecule has 0 fully saturated rings. The molecule has 0 heterocycles. The van der Waals surface area contributed by atoms with Gasteiger partial charge in [-0.15, -0.1) is 11.6 Å². The normalized spacial score (nSPS) is 13.9. The van der Waals surface area contributed by atoms with Crippen molar-refractivity contribution < 1.29 is 14.3 Å². The van der Waals surface area contributed by atoms with Gasteiger partial charge in [0.1, 0.15) is 12.0 Å². The van der Waals surface area contributed by atoms with Crippen LogP contribution in [0.3, 0.4) is 0 Å². The van der Waals surface area contributed by atoms with Crippen molar-refractivity contribution in [1.82, 2.24) is 0 Å². The Labute approximate surface area is 84.4 Å². The number of carbonyl (C=O) groups excluding carboxylic acids is 1. The second kappa shape index (κ2) is 5.45. The number of rotatable bonds is 5. The van der Waals surface area contributed by atoms with Gasteiger partial charge in [-0.05, 0) is 20.8 Å². The topological polar surface area (TPSA) is 35.5 Å². The van der Waals surface area contributed by atoms with Gasteiger partial charge < -0.3 is 9.47 Å². The summed E-state index contributed by atoms with van der Waals surface area (Å²) < 4.78 is 10.2. The summed E-state index contributed by atoms with van der Waals surface area (Å²) in [5, 5.41) is 0. The van der Waals surface area contributed by atoms with Crippen LogP contribution in [0.5, 0.6) is 0 Å². The van der Waals surface area contributed by atoms with Gasteiger partial charge in [0.2, 0.25) is 0 Å². The highest BCUT2D eigenvalue weighted by Gasteiger charge is 2.22. The van der Waals surface area contributed by atoms with E-state index in [2.05, 4.69) is 0 Å². The summed E-state index contributed by atoms with van der Waals surface area (Å²) in [4.78, 5) is 10.8. The fourth-order valence-corrected chi connectivity index (χ4v) is 1.14. The molecule has 0 spiro atoms. The van der Waals surface area contributed by atoms with Gasteiger partial charge in [-0.3, -0.25) is 4.79 Å². The summed E-state index contributed by atoms with van der Waals surface area (Å²) in [6.45, 7) is 5.71. The Morgan fingerprint density at radius 1 is 1.54 bits per heavy atom. The standard InChI is InChI=1S/C9H17ClO3/c1-7(13-8(11)6-10)5-9(2,3)12-4/h7H,5-6H2,1-4H3/t7-/m1/s1. The molecule has 0 amide bonds. The quantitative estimate of drug-likeness (QED) is 0.512. The predicted molar refractivity (Wildman–Crippen MR) is 52.0 cm³/mol. The molecule has 0 saturated carbocycles. The van der Waals surface area contributed by atoms with Gasteiger partial charge in [0.25, 0.3) is 0 Å². The van der Waals surface area contributed by atoms with Crippen molar-refractivity contribution in [3.05, 3.63) is 0 Å². The summed E-state index contributed by atoms with van der Waals surface area (Å²) in [7, 11) is 1.64. The average molecular weight is 209 g/mol. The first-order chi connectivity index (χ1) is 5.91. The van der Waals surface area contributed by atoms with E-state index in [9.17, 15) is 4.79 Å². The molecule has 1 atom stereocenters. The molecule has 0 aliphatic carbocycles. The lowest BCUT2D eigenvalue weighted by Crippen LogP contribution is -2.30. The first kappa shape index (κ1) is 12.7. The molecule has 4 heteroatoms. The summed E-state index contributed by atoms with van der Waals surface area (Å²) in [6, 6.07) is 0. The Morgan fingerprint density at radius 3 is 2.46 bits per heavy atom. The molecule has 0 aliphatic heterocycles. The molecule has 0 aromatic rings. The SMILES string of the molecule is COC(C)(C)C[C@@H](C)OC(=O)CCl. The monoisotopic (exact) mass is 208 g/mol. The molecule has 13 heavy (non-hydrogen) atoms. The van der Waals surface area contributed by atoms with Gasteiger partial charge in [-0.25, -0.2) is 0 Å². The first-order valence-corrected chi connectivity index (χ1v) is 4.75. The number of carbonyl (C=O) groups is 1. The molecule has 0 aromatic heterocycles. The van der Waals surface area contributed by atoms with Crippen LogP contribution in [0.4, 0.5) is 0 Å². The number of alkyl halides is 1. The zero-order valence-electron chi connectivity index (χ0n) is 8.59. The molecule has 78 valence electrons. The summed E-state index contributed by atoms with van der Waals surface area (Å²) in [5.74, 6) is -0.487. The predicted octanol–water partition coefficient (Wildman–Crippen LogP) is 1.97. The van der Waals surface area contributed by atoms with E-state index >= 15 is 0 Å². The Kier molecular flexibility index (Phi) is 5.33. The number of esters is 1. The fraction of sp³-hybridized carbons (Fsp3) is 0.889. The van der Waals surface area contributed by atoms with Crippen molar-refractivity contribution in [2.24, 2.45) is 0 Å². The van der Waals surface area contributed by atoms with E-state index < -0.39 is 0 Å². The van der Waals surface area contributed by atoms with E-state index in [4.69, 9.17) is 21.1 Å². The van der Waals surface area contributed by atoms with Crippen LogP contribution in [0, 0.1) is 0 Å². The third kappa shape index (κ3) is 5.88. The Morgan fingerprint density at radius 2 is 2.08 bits per heavy atom. The van der Waals surface area contributed by atoms with Gasteiger partial charge >= 0.3 is 5.97 Å². The van der Waals surface area contributed by atoms with Crippen molar-refractivity contribution in [3.63, 3.8) is 0 Å². The van der Waals surface area contributed by atoms with Crippen LogP contribution < -0.4 is 0 Å². The van der Waals surface area contributed by atoms with E-state index in [0.29, 0.717) is 6.42 Å². The van der Waals surface area contributed by atoms with Gasteiger partial charge in [0, 0.05) is 13.5 Å². The van der Waals surface area contributed by atoms with Crippen LogP contribution in [0.2, 0.25) is 0 Å². The highest BCUT2D eigenvalue weighted by atomic mass is 35.5. The van der Waals surface area contributed by atoms with Crippen LogP contribution in [-0.4, -0.2) is 30.7 Å². The van der Waals surface area contributed by atoms with E-state index in [0.717, 1.165) is 0 Å². The second-order valence-corrected chi connectivity index (χ2v) is 3.87.